The largest absolute Gasteiger partial charge is 0.514 e. The average molecular weight is 427 g/mol. The molecule has 2 aromatic carbocycles. The molecule has 2 atom stereocenters. The van der Waals surface area contributed by atoms with Crippen LogP contribution in [0.5, 0.6) is 5.75 Å². The minimum atomic E-state index is -1.79. The van der Waals surface area contributed by atoms with Crippen LogP contribution in [-0.2, 0) is 15.9 Å². The molecule has 1 aliphatic carbocycles. The Labute approximate surface area is 181 Å². The number of carbonyl (C=O) groups excluding carboxylic acids is 1. The molecule has 4 nitrogen and oxygen atoms in total. The molecule has 0 spiro atoms. The molecule has 0 saturated carbocycles. The van der Waals surface area contributed by atoms with Gasteiger partial charge in [0.1, 0.15) is 11.4 Å². The van der Waals surface area contributed by atoms with Crippen LogP contribution in [0.15, 0.2) is 48.5 Å². The van der Waals surface area contributed by atoms with Crippen molar-refractivity contribution in [2.45, 2.75) is 70.9 Å². The number of hydrogen-bond acceptors (Lipinski definition) is 4. The highest BCUT2D eigenvalue weighted by Gasteiger charge is 2.40. The molecule has 0 aliphatic heterocycles. The third kappa shape index (κ3) is 5.32. The van der Waals surface area contributed by atoms with Gasteiger partial charge in [-0.05, 0) is 69.3 Å². The Morgan fingerprint density at radius 2 is 1.80 bits per heavy atom. The number of carbonyl (C=O) groups is 1. The van der Waals surface area contributed by atoms with Crippen LogP contribution >= 0.6 is 0 Å². The zero-order valence-electron chi connectivity index (χ0n) is 19.0. The Hall–Kier alpha value is -2.11. The van der Waals surface area contributed by atoms with Gasteiger partial charge in [-0.1, -0.05) is 54.7 Å². The van der Waals surface area contributed by atoms with Gasteiger partial charge < -0.3 is 14.2 Å². The lowest BCUT2D eigenvalue weighted by molar-refractivity contribution is 0.0206. The SMILES string of the molecule is CCO[C@@H]1Cc2cc(OC(=O)OC(C)(C)C)ccc2[C@H]([Si](C)(C)c2ccccc2)C1. The fraction of sp³-hybridized carbons (Fsp3) is 0.480. The van der Waals surface area contributed by atoms with Crippen molar-refractivity contribution in [1.29, 1.82) is 0 Å². The molecule has 0 amide bonds. The van der Waals surface area contributed by atoms with Crippen molar-refractivity contribution >= 4 is 19.4 Å². The highest BCUT2D eigenvalue weighted by atomic mass is 28.3. The van der Waals surface area contributed by atoms with Crippen LogP contribution in [0.25, 0.3) is 0 Å². The topological polar surface area (TPSA) is 44.8 Å². The molecule has 5 heteroatoms. The van der Waals surface area contributed by atoms with Gasteiger partial charge in [0.15, 0.2) is 0 Å². The first-order valence-corrected chi connectivity index (χ1v) is 13.9. The predicted octanol–water partition coefficient (Wildman–Crippen LogP) is 5.59. The minimum absolute atomic E-state index is 0.180. The smallest absolute Gasteiger partial charge is 0.428 e. The number of benzene rings is 2. The minimum Gasteiger partial charge on any atom is -0.428 e. The second-order valence-corrected chi connectivity index (χ2v) is 14.3. The van der Waals surface area contributed by atoms with E-state index in [-0.39, 0.29) is 6.10 Å². The van der Waals surface area contributed by atoms with Crippen molar-refractivity contribution in [1.82, 2.24) is 0 Å². The third-order valence-electron chi connectivity index (χ3n) is 5.82. The van der Waals surface area contributed by atoms with Crippen LogP contribution in [-0.4, -0.2) is 32.5 Å². The van der Waals surface area contributed by atoms with Gasteiger partial charge >= 0.3 is 6.16 Å². The predicted molar refractivity (Wildman–Crippen MR) is 123 cm³/mol. The van der Waals surface area contributed by atoms with Gasteiger partial charge in [-0.2, -0.15) is 0 Å². The van der Waals surface area contributed by atoms with E-state index in [2.05, 4.69) is 49.5 Å². The molecule has 2 aromatic rings. The fourth-order valence-corrected chi connectivity index (χ4v) is 7.73. The molecule has 0 fully saturated rings. The van der Waals surface area contributed by atoms with Crippen LogP contribution in [0.4, 0.5) is 4.79 Å². The van der Waals surface area contributed by atoms with Gasteiger partial charge in [0, 0.05) is 6.61 Å². The van der Waals surface area contributed by atoms with Crippen LogP contribution in [0.1, 0.15) is 50.8 Å². The van der Waals surface area contributed by atoms with Crippen molar-refractivity contribution in [3.8, 4) is 5.75 Å². The van der Waals surface area contributed by atoms with Crippen LogP contribution in [0, 0.1) is 0 Å². The summed E-state index contributed by atoms with van der Waals surface area (Å²) in [6, 6.07) is 16.9. The second-order valence-electron chi connectivity index (χ2n) is 9.58. The molecule has 1 aliphatic rings. The lowest BCUT2D eigenvalue weighted by Gasteiger charge is -2.40. The van der Waals surface area contributed by atoms with E-state index in [0.717, 1.165) is 12.8 Å². The highest BCUT2D eigenvalue weighted by Crippen LogP contribution is 2.40. The molecule has 0 N–H and O–H groups in total. The highest BCUT2D eigenvalue weighted by molar-refractivity contribution is 6.90. The summed E-state index contributed by atoms with van der Waals surface area (Å²) in [6.45, 7) is 13.1. The Morgan fingerprint density at radius 1 is 1.10 bits per heavy atom. The maximum absolute atomic E-state index is 12.1. The molecule has 0 aromatic heterocycles. The van der Waals surface area contributed by atoms with Crippen LogP contribution < -0.4 is 9.92 Å². The molecular weight excluding hydrogens is 392 g/mol. The summed E-state index contributed by atoms with van der Waals surface area (Å²) in [6.07, 6.45) is 1.38. The third-order valence-corrected chi connectivity index (χ3v) is 9.93. The van der Waals surface area contributed by atoms with Gasteiger partial charge in [-0.15, -0.1) is 0 Å². The first kappa shape index (κ1) is 22.6. The summed E-state index contributed by atoms with van der Waals surface area (Å²) in [7, 11) is -1.79. The summed E-state index contributed by atoms with van der Waals surface area (Å²) < 4.78 is 16.8. The molecule has 0 heterocycles. The van der Waals surface area contributed by atoms with Crippen molar-refractivity contribution in [3.05, 3.63) is 59.7 Å². The number of rotatable bonds is 5. The first-order chi connectivity index (χ1) is 14.1. The van der Waals surface area contributed by atoms with Gasteiger partial charge in [-0.3, -0.25) is 0 Å². The molecule has 0 radical (unpaired) electrons. The molecule has 0 saturated heterocycles. The Morgan fingerprint density at radius 3 is 2.43 bits per heavy atom. The van der Waals surface area contributed by atoms with Crippen molar-refractivity contribution in [2.75, 3.05) is 6.61 Å². The molecule has 162 valence electrons. The average Bonchev–Trinajstić information content (AvgIpc) is 2.66. The summed E-state index contributed by atoms with van der Waals surface area (Å²) in [4.78, 5) is 12.1. The van der Waals surface area contributed by atoms with Crippen molar-refractivity contribution < 1.29 is 19.0 Å². The molecule has 0 bridgehead atoms. The quantitative estimate of drug-likeness (QED) is 0.355. The van der Waals surface area contributed by atoms with E-state index in [0.29, 0.717) is 17.9 Å². The lowest BCUT2D eigenvalue weighted by Crippen LogP contribution is -2.50. The fourth-order valence-electron chi connectivity index (χ4n) is 4.36. The Kier molecular flexibility index (Phi) is 6.73. The van der Waals surface area contributed by atoms with Crippen molar-refractivity contribution in [2.24, 2.45) is 0 Å². The molecular formula is C25H34O4Si. The van der Waals surface area contributed by atoms with Crippen LogP contribution in [0.3, 0.4) is 0 Å². The standard InChI is InChI=1S/C25H34O4Si/c1-7-27-20-16-18-15-19(28-24(26)29-25(2,3)4)13-14-22(18)23(17-20)30(5,6)21-11-9-8-10-12-21/h8-15,20,23H,7,16-17H2,1-6H3/t20-,23-/m1/s1. The molecule has 0 unspecified atom stereocenters. The molecule has 3 rings (SSSR count). The molecule has 30 heavy (non-hydrogen) atoms. The maximum atomic E-state index is 12.1. The van der Waals surface area contributed by atoms with Crippen molar-refractivity contribution in [3.63, 3.8) is 0 Å². The second kappa shape index (κ2) is 8.94. The normalized spacial score (nSPS) is 19.1. The van der Waals surface area contributed by atoms with E-state index in [1.165, 1.54) is 16.3 Å². The van der Waals surface area contributed by atoms with E-state index < -0.39 is 19.8 Å². The van der Waals surface area contributed by atoms with E-state index in [1.54, 1.807) is 0 Å². The zero-order valence-corrected chi connectivity index (χ0v) is 20.0. The summed E-state index contributed by atoms with van der Waals surface area (Å²) in [5.74, 6) is 0.526. The van der Waals surface area contributed by atoms with Gasteiger partial charge in [-0.25, -0.2) is 4.79 Å². The lowest BCUT2D eigenvalue weighted by atomic mass is 9.89. The Bertz CT molecular complexity index is 870. The Balaban J connectivity index is 1.92. The van der Waals surface area contributed by atoms with Gasteiger partial charge in [0.2, 0.25) is 0 Å². The van der Waals surface area contributed by atoms with Gasteiger partial charge in [0.05, 0.1) is 14.2 Å². The van der Waals surface area contributed by atoms with E-state index in [1.807, 2.05) is 39.8 Å². The van der Waals surface area contributed by atoms with Gasteiger partial charge in [0.25, 0.3) is 0 Å². The number of fused-ring (bicyclic) bond motifs is 1. The van der Waals surface area contributed by atoms with E-state index >= 15 is 0 Å². The summed E-state index contributed by atoms with van der Waals surface area (Å²) in [5.41, 5.74) is 2.43. The monoisotopic (exact) mass is 426 g/mol. The van der Waals surface area contributed by atoms with Crippen LogP contribution in [0.2, 0.25) is 13.1 Å². The number of hydrogen-bond donors (Lipinski definition) is 0. The summed E-state index contributed by atoms with van der Waals surface area (Å²) in [5, 5.41) is 1.45. The van der Waals surface area contributed by atoms with E-state index in [9.17, 15) is 4.79 Å². The zero-order chi connectivity index (χ0) is 21.9. The summed E-state index contributed by atoms with van der Waals surface area (Å²) >= 11 is 0. The maximum Gasteiger partial charge on any atom is 0.514 e. The first-order valence-electron chi connectivity index (χ1n) is 10.8. The van der Waals surface area contributed by atoms with E-state index in [4.69, 9.17) is 14.2 Å². The number of ether oxygens (including phenoxy) is 3.